The number of rotatable bonds is 3. The fraction of sp³-hybridized carbons (Fsp3) is 0.0952. The van der Waals surface area contributed by atoms with Crippen molar-refractivity contribution < 1.29 is 4.79 Å². The molecule has 2 aromatic heterocycles. The van der Waals surface area contributed by atoms with Crippen LogP contribution in [0.1, 0.15) is 15.9 Å². The van der Waals surface area contributed by atoms with Gasteiger partial charge in [-0.3, -0.25) is 4.79 Å². The molecule has 0 amide bonds. The first-order valence-electron chi connectivity index (χ1n) is 7.95. The summed E-state index contributed by atoms with van der Waals surface area (Å²) in [6.07, 6.45) is 7.49. The summed E-state index contributed by atoms with van der Waals surface area (Å²) in [7, 11) is 3.99. The third-order valence-electron chi connectivity index (χ3n) is 4.50. The fourth-order valence-corrected chi connectivity index (χ4v) is 3.20. The molecule has 0 saturated heterocycles. The van der Waals surface area contributed by atoms with Crippen molar-refractivity contribution >= 4 is 33.7 Å². The molecular weight excluding hydrogens is 296 g/mol. The number of nitrogens with zero attached hydrogens (tertiary/aromatic N) is 2. The summed E-state index contributed by atoms with van der Waals surface area (Å²) < 4.78 is 4.08. The molecule has 0 fully saturated rings. The van der Waals surface area contributed by atoms with Crippen LogP contribution in [0.3, 0.4) is 0 Å². The molecule has 0 atom stereocenters. The zero-order valence-corrected chi connectivity index (χ0v) is 13.7. The smallest absolute Gasteiger partial charge is 0.188 e. The number of allylic oxidation sites excluding steroid dienone is 1. The number of ketones is 1. The molecular formula is C21H18N2O. The predicted octanol–water partition coefficient (Wildman–Crippen LogP) is 4.57. The molecule has 0 saturated carbocycles. The molecule has 0 radical (unpaired) electrons. The summed E-state index contributed by atoms with van der Waals surface area (Å²) in [5.74, 6) is 0.0277. The van der Waals surface area contributed by atoms with Gasteiger partial charge in [0.05, 0.1) is 0 Å². The van der Waals surface area contributed by atoms with E-state index in [-0.39, 0.29) is 5.78 Å². The second-order valence-corrected chi connectivity index (χ2v) is 6.11. The number of para-hydroxylation sites is 1. The zero-order chi connectivity index (χ0) is 16.7. The van der Waals surface area contributed by atoms with Gasteiger partial charge >= 0.3 is 0 Å². The highest BCUT2D eigenvalue weighted by Gasteiger charge is 2.11. The predicted molar refractivity (Wildman–Crippen MR) is 99.2 cm³/mol. The number of hydrogen-bond donors (Lipinski definition) is 0. The first-order valence-corrected chi connectivity index (χ1v) is 7.95. The molecule has 2 aromatic carbocycles. The largest absolute Gasteiger partial charge is 0.351 e. The van der Waals surface area contributed by atoms with Crippen LogP contribution in [0.2, 0.25) is 0 Å². The topological polar surface area (TPSA) is 26.9 Å². The van der Waals surface area contributed by atoms with Gasteiger partial charge in [-0.05, 0) is 35.9 Å². The Morgan fingerprint density at radius 1 is 0.958 bits per heavy atom. The molecule has 118 valence electrons. The van der Waals surface area contributed by atoms with Crippen LogP contribution in [0.4, 0.5) is 0 Å². The van der Waals surface area contributed by atoms with Crippen molar-refractivity contribution in [2.75, 3.05) is 0 Å². The highest BCUT2D eigenvalue weighted by Crippen LogP contribution is 2.22. The molecule has 0 spiro atoms. The standard InChI is InChI=1S/C21H18N2O/c1-22-12-11-16-13-15(7-9-19(16)22)8-10-21(24)18-14-23(2)20-6-4-3-5-17(18)20/h3-14H,1-2H3/b10-8+. The Labute approximate surface area is 140 Å². The average molecular weight is 314 g/mol. The second kappa shape index (κ2) is 5.53. The maximum absolute atomic E-state index is 12.6. The summed E-state index contributed by atoms with van der Waals surface area (Å²) in [5, 5.41) is 2.17. The third-order valence-corrected chi connectivity index (χ3v) is 4.50. The third kappa shape index (κ3) is 2.35. The van der Waals surface area contributed by atoms with Gasteiger partial charge in [0, 0.05) is 53.9 Å². The Morgan fingerprint density at radius 2 is 1.79 bits per heavy atom. The van der Waals surface area contributed by atoms with E-state index in [1.54, 1.807) is 6.08 Å². The number of aromatic nitrogens is 2. The normalized spacial score (nSPS) is 11.8. The average Bonchev–Trinajstić information content (AvgIpc) is 3.14. The van der Waals surface area contributed by atoms with Gasteiger partial charge in [-0.1, -0.05) is 30.3 Å². The van der Waals surface area contributed by atoms with Crippen molar-refractivity contribution in [3.8, 4) is 0 Å². The van der Waals surface area contributed by atoms with Crippen LogP contribution >= 0.6 is 0 Å². The van der Waals surface area contributed by atoms with Crippen LogP contribution in [0.25, 0.3) is 27.9 Å². The maximum atomic E-state index is 12.6. The van der Waals surface area contributed by atoms with E-state index in [1.807, 2.05) is 67.5 Å². The molecule has 4 rings (SSSR count). The molecule has 24 heavy (non-hydrogen) atoms. The van der Waals surface area contributed by atoms with Crippen LogP contribution in [-0.4, -0.2) is 14.9 Å². The van der Waals surface area contributed by atoms with E-state index >= 15 is 0 Å². The molecule has 3 heteroatoms. The molecule has 4 aromatic rings. The van der Waals surface area contributed by atoms with Crippen molar-refractivity contribution in [3.63, 3.8) is 0 Å². The minimum atomic E-state index is 0.0277. The summed E-state index contributed by atoms with van der Waals surface area (Å²) >= 11 is 0. The van der Waals surface area contributed by atoms with Crippen LogP contribution in [0.15, 0.2) is 67.0 Å². The van der Waals surface area contributed by atoms with Gasteiger partial charge in [0.15, 0.2) is 5.78 Å². The lowest BCUT2D eigenvalue weighted by Crippen LogP contribution is -1.92. The van der Waals surface area contributed by atoms with Crippen LogP contribution < -0.4 is 0 Å². The Balaban J connectivity index is 1.67. The highest BCUT2D eigenvalue weighted by atomic mass is 16.1. The number of hydrogen-bond acceptors (Lipinski definition) is 1. The Hall–Kier alpha value is -3.07. The number of aryl methyl sites for hydroxylation is 2. The number of carbonyl (C=O) groups excluding carboxylic acids is 1. The Bertz CT molecular complexity index is 1100. The van der Waals surface area contributed by atoms with Crippen LogP contribution in [0, 0.1) is 0 Å². The van der Waals surface area contributed by atoms with E-state index in [2.05, 4.69) is 22.8 Å². The summed E-state index contributed by atoms with van der Waals surface area (Å²) in [5.41, 5.74) is 4.03. The van der Waals surface area contributed by atoms with Gasteiger partial charge in [0.2, 0.25) is 0 Å². The maximum Gasteiger partial charge on any atom is 0.188 e. The number of fused-ring (bicyclic) bond motifs is 2. The molecule has 0 unspecified atom stereocenters. The first-order chi connectivity index (χ1) is 11.6. The van der Waals surface area contributed by atoms with Gasteiger partial charge < -0.3 is 9.13 Å². The fourth-order valence-electron chi connectivity index (χ4n) is 3.20. The summed E-state index contributed by atoms with van der Waals surface area (Å²) in [6.45, 7) is 0. The molecule has 0 N–H and O–H groups in total. The van der Waals surface area contributed by atoms with Crippen LogP contribution in [0.5, 0.6) is 0 Å². The van der Waals surface area contributed by atoms with Gasteiger partial charge in [0.1, 0.15) is 0 Å². The highest BCUT2D eigenvalue weighted by molar-refractivity contribution is 6.14. The summed E-state index contributed by atoms with van der Waals surface area (Å²) in [6, 6.07) is 16.3. The van der Waals surface area contributed by atoms with E-state index in [4.69, 9.17) is 0 Å². The van der Waals surface area contributed by atoms with Crippen molar-refractivity contribution in [1.82, 2.24) is 9.13 Å². The Kier molecular flexibility index (Phi) is 3.35. The van der Waals surface area contributed by atoms with E-state index in [9.17, 15) is 4.79 Å². The SMILES string of the molecule is Cn1ccc2cc(/C=C/C(=O)c3cn(C)c4ccccc34)ccc21. The minimum absolute atomic E-state index is 0.0277. The summed E-state index contributed by atoms with van der Waals surface area (Å²) in [4.78, 5) is 12.6. The van der Waals surface area contributed by atoms with Gasteiger partial charge in [0.25, 0.3) is 0 Å². The molecule has 0 aliphatic carbocycles. The minimum Gasteiger partial charge on any atom is -0.351 e. The monoisotopic (exact) mass is 314 g/mol. The second-order valence-electron chi connectivity index (χ2n) is 6.11. The van der Waals surface area contributed by atoms with Crippen molar-refractivity contribution in [3.05, 3.63) is 78.1 Å². The van der Waals surface area contributed by atoms with E-state index in [1.165, 1.54) is 10.9 Å². The number of carbonyl (C=O) groups is 1. The zero-order valence-electron chi connectivity index (χ0n) is 13.7. The lowest BCUT2D eigenvalue weighted by molar-refractivity contribution is 0.104. The van der Waals surface area contributed by atoms with Crippen molar-refractivity contribution in [2.24, 2.45) is 14.1 Å². The van der Waals surface area contributed by atoms with Gasteiger partial charge in [-0.15, -0.1) is 0 Å². The molecule has 0 aliphatic rings. The number of benzene rings is 2. The lowest BCUT2D eigenvalue weighted by atomic mass is 10.1. The van der Waals surface area contributed by atoms with Crippen LogP contribution in [-0.2, 0) is 14.1 Å². The van der Waals surface area contributed by atoms with Gasteiger partial charge in [-0.2, -0.15) is 0 Å². The molecule has 2 heterocycles. The first kappa shape index (κ1) is 14.5. The van der Waals surface area contributed by atoms with E-state index in [0.29, 0.717) is 0 Å². The Morgan fingerprint density at radius 3 is 2.67 bits per heavy atom. The lowest BCUT2D eigenvalue weighted by Gasteiger charge is -1.98. The van der Waals surface area contributed by atoms with E-state index in [0.717, 1.165) is 22.0 Å². The van der Waals surface area contributed by atoms with Gasteiger partial charge in [-0.25, -0.2) is 0 Å². The molecule has 3 nitrogen and oxygen atoms in total. The molecule has 0 aliphatic heterocycles. The molecule has 0 bridgehead atoms. The van der Waals surface area contributed by atoms with E-state index < -0.39 is 0 Å². The quantitative estimate of drug-likeness (QED) is 0.402. The van der Waals surface area contributed by atoms with Crippen molar-refractivity contribution in [1.29, 1.82) is 0 Å². The van der Waals surface area contributed by atoms with Crippen molar-refractivity contribution in [2.45, 2.75) is 0 Å².